The summed E-state index contributed by atoms with van der Waals surface area (Å²) in [5, 5.41) is 15.4. The van der Waals surface area contributed by atoms with E-state index >= 15 is 0 Å². The van der Waals surface area contributed by atoms with Crippen molar-refractivity contribution in [3.63, 3.8) is 0 Å². The molecular weight excluding hydrogens is 446 g/mol. The lowest BCUT2D eigenvalue weighted by atomic mass is 10.00. The third-order valence-electron chi connectivity index (χ3n) is 5.97. The summed E-state index contributed by atoms with van der Waals surface area (Å²) in [7, 11) is 2.69. The number of methoxy groups -OCH3 is 2. The fourth-order valence-corrected chi connectivity index (χ4v) is 4.56. The molecule has 0 spiro atoms. The van der Waals surface area contributed by atoms with Crippen LogP contribution in [0.5, 0.6) is 0 Å². The second kappa shape index (κ2) is 10.4. The maximum Gasteiger partial charge on any atom is 0.354 e. The van der Waals surface area contributed by atoms with Crippen molar-refractivity contribution in [1.82, 2.24) is 14.3 Å². The van der Waals surface area contributed by atoms with Gasteiger partial charge in [-0.2, -0.15) is 5.10 Å². The van der Waals surface area contributed by atoms with E-state index in [4.69, 9.17) is 21.1 Å². The highest BCUT2D eigenvalue weighted by molar-refractivity contribution is 6.35. The Bertz CT molecular complexity index is 1200. The van der Waals surface area contributed by atoms with Crippen molar-refractivity contribution < 1.29 is 24.2 Å². The molecule has 0 radical (unpaired) electrons. The zero-order valence-electron chi connectivity index (χ0n) is 19.7. The van der Waals surface area contributed by atoms with Crippen molar-refractivity contribution in [3.05, 3.63) is 39.7 Å². The molecule has 0 saturated carbocycles. The minimum atomic E-state index is -0.475. The molecule has 0 aliphatic heterocycles. The topological polar surface area (TPSA) is 95.6 Å². The molecule has 0 aliphatic rings. The first-order valence-electron chi connectivity index (χ1n) is 10.9. The van der Waals surface area contributed by atoms with Crippen LogP contribution in [0.1, 0.15) is 47.1 Å². The van der Waals surface area contributed by atoms with Gasteiger partial charge in [0.15, 0.2) is 0 Å². The van der Waals surface area contributed by atoms with E-state index in [9.17, 15) is 14.7 Å². The van der Waals surface area contributed by atoms with Gasteiger partial charge in [0.05, 0.1) is 36.1 Å². The summed E-state index contributed by atoms with van der Waals surface area (Å²) in [6.07, 6.45) is 1.01. The van der Waals surface area contributed by atoms with Crippen LogP contribution in [-0.2, 0) is 33.8 Å². The maximum atomic E-state index is 12.9. The number of benzene rings is 1. The van der Waals surface area contributed by atoms with E-state index in [1.165, 1.54) is 14.2 Å². The van der Waals surface area contributed by atoms with E-state index in [0.717, 1.165) is 39.0 Å². The zero-order valence-corrected chi connectivity index (χ0v) is 20.5. The van der Waals surface area contributed by atoms with Gasteiger partial charge in [-0.3, -0.25) is 9.48 Å². The number of aryl methyl sites for hydroxylation is 4. The predicted molar refractivity (Wildman–Crippen MR) is 127 cm³/mol. The number of aromatic nitrogens is 3. The monoisotopic (exact) mass is 475 g/mol. The molecule has 8 nitrogen and oxygen atoms in total. The molecule has 0 fully saturated rings. The fourth-order valence-electron chi connectivity index (χ4n) is 4.32. The van der Waals surface area contributed by atoms with Gasteiger partial charge in [-0.25, -0.2) is 4.79 Å². The van der Waals surface area contributed by atoms with Crippen LogP contribution in [0.2, 0.25) is 5.02 Å². The van der Waals surface area contributed by atoms with Crippen molar-refractivity contribution in [2.24, 2.45) is 0 Å². The SMILES string of the molecule is CCn1c(C(=O)OC)c(CCC(=O)OC)c2ccc(Cl)c(-c3c(C)c(C)nn3CCCO)c21. The number of nitrogens with zero attached hydrogens (tertiary/aromatic N) is 3. The molecule has 0 aliphatic carbocycles. The second-order valence-corrected chi connectivity index (χ2v) is 8.22. The van der Waals surface area contributed by atoms with Gasteiger partial charge in [0.2, 0.25) is 0 Å². The molecule has 3 rings (SSSR count). The van der Waals surface area contributed by atoms with Crippen molar-refractivity contribution in [1.29, 1.82) is 0 Å². The minimum absolute atomic E-state index is 0.0465. The number of ether oxygens (including phenoxy) is 2. The minimum Gasteiger partial charge on any atom is -0.469 e. The summed E-state index contributed by atoms with van der Waals surface area (Å²) in [5.41, 5.74) is 5.36. The number of aliphatic hydroxyl groups is 1. The van der Waals surface area contributed by atoms with Gasteiger partial charge in [0.1, 0.15) is 5.69 Å². The Morgan fingerprint density at radius 2 is 1.91 bits per heavy atom. The molecule has 1 N–H and O–H groups in total. The van der Waals surface area contributed by atoms with Gasteiger partial charge >= 0.3 is 11.9 Å². The summed E-state index contributed by atoms with van der Waals surface area (Å²) in [5.74, 6) is -0.831. The smallest absolute Gasteiger partial charge is 0.354 e. The van der Waals surface area contributed by atoms with E-state index in [1.807, 2.05) is 36.1 Å². The average molecular weight is 476 g/mol. The lowest BCUT2D eigenvalue weighted by Gasteiger charge is -2.14. The van der Waals surface area contributed by atoms with Crippen LogP contribution in [0.3, 0.4) is 0 Å². The number of carbonyl (C=O) groups excluding carboxylic acids is 2. The Labute approximate surface area is 198 Å². The van der Waals surface area contributed by atoms with E-state index in [2.05, 4.69) is 5.10 Å². The maximum absolute atomic E-state index is 12.9. The molecule has 0 bridgehead atoms. The van der Waals surface area contributed by atoms with E-state index in [1.54, 1.807) is 6.07 Å². The summed E-state index contributed by atoms with van der Waals surface area (Å²) in [6, 6.07) is 3.68. The number of esters is 2. The lowest BCUT2D eigenvalue weighted by Crippen LogP contribution is -2.13. The Morgan fingerprint density at radius 3 is 2.52 bits per heavy atom. The van der Waals surface area contributed by atoms with Gasteiger partial charge in [0, 0.05) is 37.1 Å². The van der Waals surface area contributed by atoms with Crippen LogP contribution in [0, 0.1) is 13.8 Å². The Balaban J connectivity index is 2.40. The second-order valence-electron chi connectivity index (χ2n) is 7.82. The first kappa shape index (κ1) is 24.8. The van der Waals surface area contributed by atoms with Crippen LogP contribution < -0.4 is 0 Å². The fraction of sp³-hybridized carbons (Fsp3) is 0.458. The Morgan fingerprint density at radius 1 is 1.18 bits per heavy atom. The van der Waals surface area contributed by atoms with Crippen LogP contribution in [0.25, 0.3) is 22.2 Å². The number of aliphatic hydroxyl groups excluding tert-OH is 1. The molecule has 2 heterocycles. The molecule has 1 aromatic carbocycles. The van der Waals surface area contributed by atoms with Crippen molar-refractivity contribution >= 4 is 34.4 Å². The quantitative estimate of drug-likeness (QED) is 0.469. The number of halogens is 1. The number of hydrogen-bond donors (Lipinski definition) is 1. The molecule has 33 heavy (non-hydrogen) atoms. The Hall–Kier alpha value is -2.84. The average Bonchev–Trinajstić information content (AvgIpc) is 3.28. The molecular formula is C24H30ClN3O5. The highest BCUT2D eigenvalue weighted by atomic mass is 35.5. The molecule has 0 amide bonds. The highest BCUT2D eigenvalue weighted by Gasteiger charge is 2.28. The molecule has 3 aromatic rings. The summed E-state index contributed by atoms with van der Waals surface area (Å²) in [6.45, 7) is 6.94. The largest absolute Gasteiger partial charge is 0.469 e. The first-order chi connectivity index (χ1) is 15.8. The van der Waals surface area contributed by atoms with Gasteiger partial charge in [-0.15, -0.1) is 0 Å². The van der Waals surface area contributed by atoms with Gasteiger partial charge < -0.3 is 19.1 Å². The molecule has 0 saturated heterocycles. The molecule has 0 atom stereocenters. The summed E-state index contributed by atoms with van der Waals surface area (Å²) < 4.78 is 13.7. The number of rotatable bonds is 9. The molecule has 178 valence electrons. The number of hydrogen-bond acceptors (Lipinski definition) is 6. The van der Waals surface area contributed by atoms with E-state index in [-0.39, 0.29) is 19.0 Å². The van der Waals surface area contributed by atoms with Crippen molar-refractivity contribution in [3.8, 4) is 11.3 Å². The lowest BCUT2D eigenvalue weighted by molar-refractivity contribution is -0.140. The van der Waals surface area contributed by atoms with Gasteiger partial charge in [-0.1, -0.05) is 17.7 Å². The molecule has 0 unspecified atom stereocenters. The third-order valence-corrected chi connectivity index (χ3v) is 6.29. The number of carbonyl (C=O) groups is 2. The summed E-state index contributed by atoms with van der Waals surface area (Å²) >= 11 is 6.78. The van der Waals surface area contributed by atoms with Crippen LogP contribution in [0.15, 0.2) is 12.1 Å². The van der Waals surface area contributed by atoms with Gasteiger partial charge in [0.25, 0.3) is 0 Å². The van der Waals surface area contributed by atoms with Crippen LogP contribution >= 0.6 is 11.6 Å². The van der Waals surface area contributed by atoms with Crippen LogP contribution in [-0.4, -0.2) is 52.2 Å². The first-order valence-corrected chi connectivity index (χ1v) is 11.3. The summed E-state index contributed by atoms with van der Waals surface area (Å²) in [4.78, 5) is 24.8. The molecule has 9 heteroatoms. The standard InChI is InChI=1S/C24H30ClN3O5/c1-6-27-22-16(17(9-11-19(30)32-4)23(27)24(31)33-5)8-10-18(25)20(22)21-14(2)15(3)26-28(21)12-7-13-29/h8,10,29H,6-7,9,11-13H2,1-5H3. The van der Waals surface area contributed by atoms with E-state index < -0.39 is 5.97 Å². The van der Waals surface area contributed by atoms with E-state index in [0.29, 0.717) is 36.6 Å². The Kier molecular flexibility index (Phi) is 7.81. The van der Waals surface area contributed by atoms with Crippen LogP contribution in [0.4, 0.5) is 0 Å². The normalized spacial score (nSPS) is 11.2. The predicted octanol–water partition coefficient (Wildman–Crippen LogP) is 4.07. The highest BCUT2D eigenvalue weighted by Crippen LogP contribution is 2.41. The molecule has 2 aromatic heterocycles. The van der Waals surface area contributed by atoms with Crippen molar-refractivity contribution in [2.45, 2.75) is 53.1 Å². The zero-order chi connectivity index (χ0) is 24.3. The van der Waals surface area contributed by atoms with Crippen molar-refractivity contribution in [2.75, 3.05) is 20.8 Å². The number of fused-ring (bicyclic) bond motifs is 1. The third kappa shape index (κ3) is 4.50. The van der Waals surface area contributed by atoms with Gasteiger partial charge in [-0.05, 0) is 50.8 Å².